The molecule has 0 bridgehead atoms. The maximum absolute atomic E-state index is 11.6. The number of sulfone groups is 1. The lowest BCUT2D eigenvalue weighted by Crippen LogP contribution is -2.54. The smallest absolute Gasteiger partial charge is 0.237 e. The zero-order valence-electron chi connectivity index (χ0n) is 12.8. The van der Waals surface area contributed by atoms with Gasteiger partial charge in [-0.1, -0.05) is 0 Å². The molecule has 7 heteroatoms. The van der Waals surface area contributed by atoms with Crippen LogP contribution in [0.3, 0.4) is 0 Å². The molecule has 1 aliphatic heterocycles. The molecule has 1 saturated heterocycles. The molecule has 122 valence electrons. The highest BCUT2D eigenvalue weighted by molar-refractivity contribution is 7.91. The van der Waals surface area contributed by atoms with Gasteiger partial charge in [0.2, 0.25) is 5.91 Å². The minimum absolute atomic E-state index is 0.273. The molecule has 0 aromatic carbocycles. The molecule has 2 aliphatic rings. The number of nitrogens with zero attached hydrogens (tertiary/aromatic N) is 1. The highest BCUT2D eigenvalue weighted by atomic mass is 32.2. The molecule has 1 unspecified atom stereocenters. The fourth-order valence-electron chi connectivity index (χ4n) is 2.73. The molecule has 21 heavy (non-hydrogen) atoms. The van der Waals surface area contributed by atoms with E-state index in [9.17, 15) is 13.2 Å². The zero-order valence-corrected chi connectivity index (χ0v) is 13.6. The van der Waals surface area contributed by atoms with Gasteiger partial charge in [-0.05, 0) is 45.6 Å². The van der Waals surface area contributed by atoms with E-state index < -0.39 is 15.4 Å². The van der Waals surface area contributed by atoms with Crippen molar-refractivity contribution in [3.63, 3.8) is 0 Å². The van der Waals surface area contributed by atoms with Gasteiger partial charge in [-0.2, -0.15) is 0 Å². The molecule has 0 spiro atoms. The first-order chi connectivity index (χ1) is 9.81. The number of rotatable bonds is 8. The number of hydrogen-bond donors (Lipinski definition) is 2. The van der Waals surface area contributed by atoms with Crippen molar-refractivity contribution in [1.29, 1.82) is 0 Å². The van der Waals surface area contributed by atoms with Crippen LogP contribution in [0, 0.1) is 0 Å². The molecule has 2 fully saturated rings. The summed E-state index contributed by atoms with van der Waals surface area (Å²) in [6.45, 7) is 4.06. The molecule has 1 aliphatic carbocycles. The fraction of sp³-hybridized carbons (Fsp3) is 0.929. The number of primary amides is 1. The van der Waals surface area contributed by atoms with E-state index in [1.54, 1.807) is 0 Å². The van der Waals surface area contributed by atoms with Crippen molar-refractivity contribution < 1.29 is 13.2 Å². The molecule has 1 heterocycles. The Bertz CT molecular complexity index is 462. The molecule has 1 atom stereocenters. The second-order valence-electron chi connectivity index (χ2n) is 6.57. The number of nitrogens with two attached hydrogens (primary N) is 1. The summed E-state index contributed by atoms with van der Waals surface area (Å²) in [7, 11) is -2.80. The van der Waals surface area contributed by atoms with Gasteiger partial charge in [0.15, 0.2) is 9.84 Å². The molecule has 0 aromatic heterocycles. The van der Waals surface area contributed by atoms with Gasteiger partial charge in [-0.25, -0.2) is 8.42 Å². The Hall–Kier alpha value is -0.660. The zero-order chi connectivity index (χ0) is 15.5. The summed E-state index contributed by atoms with van der Waals surface area (Å²) < 4.78 is 22.7. The standard InChI is InChI=1S/C14H27N3O3S/c1-14(13(15)18,16-12-4-5-12)6-2-3-7-17-8-10-21(19,20)11-9-17/h12,16H,2-11H2,1H3,(H2,15,18). The first kappa shape index (κ1) is 16.7. The highest BCUT2D eigenvalue weighted by Crippen LogP contribution is 2.25. The lowest BCUT2D eigenvalue weighted by Gasteiger charge is -2.29. The van der Waals surface area contributed by atoms with Crippen molar-refractivity contribution in [3.05, 3.63) is 0 Å². The fourth-order valence-corrected chi connectivity index (χ4v) is 4.01. The Morgan fingerprint density at radius 3 is 2.43 bits per heavy atom. The molecule has 3 N–H and O–H groups in total. The predicted molar refractivity (Wildman–Crippen MR) is 82.7 cm³/mol. The number of unbranched alkanes of at least 4 members (excludes halogenated alkanes) is 1. The number of amides is 1. The first-order valence-electron chi connectivity index (χ1n) is 7.81. The van der Waals surface area contributed by atoms with Gasteiger partial charge in [-0.3, -0.25) is 4.79 Å². The summed E-state index contributed by atoms with van der Waals surface area (Å²) in [6.07, 6.45) is 4.89. The third kappa shape index (κ3) is 5.23. The number of nitrogens with one attached hydrogen (secondary N) is 1. The van der Waals surface area contributed by atoms with Crippen LogP contribution < -0.4 is 11.1 Å². The Labute approximate surface area is 127 Å². The SMILES string of the molecule is CC(CCCCN1CCS(=O)(=O)CC1)(NC1CC1)C(N)=O. The number of hydrogen-bond acceptors (Lipinski definition) is 5. The van der Waals surface area contributed by atoms with Crippen LogP contribution in [0.5, 0.6) is 0 Å². The molecule has 0 radical (unpaired) electrons. The second kappa shape index (κ2) is 6.62. The topological polar surface area (TPSA) is 92.5 Å². The van der Waals surface area contributed by atoms with Crippen molar-refractivity contribution in [3.8, 4) is 0 Å². The molecule has 0 aromatic rings. The van der Waals surface area contributed by atoms with E-state index in [0.29, 0.717) is 19.1 Å². The quantitative estimate of drug-likeness (QED) is 0.609. The van der Waals surface area contributed by atoms with Crippen molar-refractivity contribution >= 4 is 15.7 Å². The third-order valence-corrected chi connectivity index (χ3v) is 6.09. The van der Waals surface area contributed by atoms with Crippen LogP contribution in [0.4, 0.5) is 0 Å². The van der Waals surface area contributed by atoms with E-state index in [4.69, 9.17) is 5.73 Å². The monoisotopic (exact) mass is 317 g/mol. The van der Waals surface area contributed by atoms with E-state index in [1.165, 1.54) is 0 Å². The maximum Gasteiger partial charge on any atom is 0.237 e. The molecule has 1 amide bonds. The summed E-state index contributed by atoms with van der Waals surface area (Å²) in [5.41, 5.74) is 4.92. The summed E-state index contributed by atoms with van der Waals surface area (Å²) in [4.78, 5) is 13.8. The number of carbonyl (C=O) groups excluding carboxylic acids is 1. The van der Waals surface area contributed by atoms with Crippen LogP contribution in [-0.2, 0) is 14.6 Å². The Balaban J connectivity index is 1.67. The summed E-state index contributed by atoms with van der Waals surface area (Å²) in [5.74, 6) is 0.267. The first-order valence-corrected chi connectivity index (χ1v) is 9.63. The molecular formula is C14H27N3O3S. The van der Waals surface area contributed by atoms with E-state index in [0.717, 1.165) is 38.6 Å². The van der Waals surface area contributed by atoms with Crippen molar-refractivity contribution in [1.82, 2.24) is 10.2 Å². The highest BCUT2D eigenvalue weighted by Gasteiger charge is 2.36. The van der Waals surface area contributed by atoms with Gasteiger partial charge in [-0.15, -0.1) is 0 Å². The van der Waals surface area contributed by atoms with Gasteiger partial charge in [0.1, 0.15) is 0 Å². The van der Waals surface area contributed by atoms with Gasteiger partial charge < -0.3 is 16.0 Å². The van der Waals surface area contributed by atoms with Crippen molar-refractivity contribution in [2.24, 2.45) is 5.73 Å². The Morgan fingerprint density at radius 1 is 1.29 bits per heavy atom. The average Bonchev–Trinajstić information content (AvgIpc) is 3.20. The van der Waals surface area contributed by atoms with Gasteiger partial charge >= 0.3 is 0 Å². The Morgan fingerprint density at radius 2 is 1.90 bits per heavy atom. The lowest BCUT2D eigenvalue weighted by molar-refractivity contribution is -0.124. The predicted octanol–water partition coefficient (Wildman–Crippen LogP) is -0.117. The van der Waals surface area contributed by atoms with E-state index in [1.807, 2.05) is 6.92 Å². The van der Waals surface area contributed by atoms with Crippen molar-refractivity contribution in [2.75, 3.05) is 31.1 Å². The van der Waals surface area contributed by atoms with Crippen LogP contribution >= 0.6 is 0 Å². The maximum atomic E-state index is 11.6. The minimum atomic E-state index is -2.80. The van der Waals surface area contributed by atoms with E-state index in [2.05, 4.69) is 10.2 Å². The van der Waals surface area contributed by atoms with Crippen LogP contribution in [-0.4, -0.2) is 61.9 Å². The van der Waals surface area contributed by atoms with Gasteiger partial charge in [0, 0.05) is 19.1 Å². The second-order valence-corrected chi connectivity index (χ2v) is 8.87. The molecule has 2 rings (SSSR count). The molecular weight excluding hydrogens is 290 g/mol. The van der Waals surface area contributed by atoms with Gasteiger partial charge in [0.25, 0.3) is 0 Å². The summed E-state index contributed by atoms with van der Waals surface area (Å²) >= 11 is 0. The van der Waals surface area contributed by atoms with E-state index >= 15 is 0 Å². The molecule has 1 saturated carbocycles. The van der Waals surface area contributed by atoms with E-state index in [-0.39, 0.29) is 17.4 Å². The summed E-state index contributed by atoms with van der Waals surface area (Å²) in [5, 5.41) is 3.35. The normalized spacial score (nSPS) is 25.4. The largest absolute Gasteiger partial charge is 0.368 e. The van der Waals surface area contributed by atoms with Crippen LogP contribution in [0.25, 0.3) is 0 Å². The lowest BCUT2D eigenvalue weighted by atomic mass is 9.93. The third-order valence-electron chi connectivity index (χ3n) is 4.48. The number of carbonyl (C=O) groups is 1. The minimum Gasteiger partial charge on any atom is -0.368 e. The summed E-state index contributed by atoms with van der Waals surface area (Å²) in [6, 6.07) is 0.454. The van der Waals surface area contributed by atoms with Crippen LogP contribution in [0.15, 0.2) is 0 Å². The van der Waals surface area contributed by atoms with Crippen molar-refractivity contribution in [2.45, 2.75) is 50.6 Å². The van der Waals surface area contributed by atoms with Crippen LogP contribution in [0.2, 0.25) is 0 Å². The Kier molecular flexibility index (Phi) is 5.27. The average molecular weight is 317 g/mol. The molecule has 6 nitrogen and oxygen atoms in total. The van der Waals surface area contributed by atoms with Gasteiger partial charge in [0.05, 0.1) is 17.0 Å². The van der Waals surface area contributed by atoms with Crippen LogP contribution in [0.1, 0.15) is 39.0 Å².